The summed E-state index contributed by atoms with van der Waals surface area (Å²) in [6.07, 6.45) is -1.98. The average Bonchev–Trinajstić information content (AvgIpc) is 3.07. The van der Waals surface area contributed by atoms with Crippen molar-refractivity contribution in [2.45, 2.75) is 25.1 Å². The molecule has 162 valence electrons. The fraction of sp³-hybridized carbons (Fsp3) is 0.300. The van der Waals surface area contributed by atoms with Crippen LogP contribution in [0.15, 0.2) is 36.5 Å². The zero-order chi connectivity index (χ0) is 22.3. The van der Waals surface area contributed by atoms with Gasteiger partial charge in [-0.3, -0.25) is 14.3 Å². The van der Waals surface area contributed by atoms with Crippen LogP contribution in [-0.2, 0) is 11.0 Å². The Bertz CT molecular complexity index is 1170. The van der Waals surface area contributed by atoms with Gasteiger partial charge in [-0.05, 0) is 31.0 Å². The number of amides is 1. The highest BCUT2D eigenvalue weighted by atomic mass is 19.4. The molecule has 0 atom stereocenters. The van der Waals surface area contributed by atoms with Crippen LogP contribution in [0, 0.1) is 5.92 Å². The predicted molar refractivity (Wildman–Crippen MR) is 103 cm³/mol. The number of hydrogen-bond donors (Lipinski definition) is 2. The van der Waals surface area contributed by atoms with Gasteiger partial charge in [-0.15, -0.1) is 0 Å². The first-order valence-electron chi connectivity index (χ1n) is 9.31. The molecular formula is C20H17F3N4O4. The third-order valence-electron chi connectivity index (χ3n) is 5.20. The Balaban J connectivity index is 1.59. The van der Waals surface area contributed by atoms with E-state index in [1.807, 2.05) is 0 Å². The van der Waals surface area contributed by atoms with Crippen molar-refractivity contribution in [1.82, 2.24) is 14.8 Å². The fourth-order valence-electron chi connectivity index (χ4n) is 3.44. The van der Waals surface area contributed by atoms with Crippen LogP contribution in [-0.4, -0.2) is 38.9 Å². The number of aromatic nitrogens is 3. The van der Waals surface area contributed by atoms with Crippen molar-refractivity contribution in [2.24, 2.45) is 5.92 Å². The number of alkyl halides is 3. The topological polar surface area (TPSA) is 106 Å². The maximum atomic E-state index is 12.9. The minimum Gasteiger partial charge on any atom is -0.494 e. The number of carboxylic acid groups (broad SMARTS) is 1. The Morgan fingerprint density at radius 1 is 1.26 bits per heavy atom. The van der Waals surface area contributed by atoms with E-state index in [1.54, 1.807) is 23.0 Å². The van der Waals surface area contributed by atoms with Crippen molar-refractivity contribution in [2.75, 3.05) is 12.4 Å². The van der Waals surface area contributed by atoms with Crippen LogP contribution in [0.4, 0.5) is 18.9 Å². The minimum atomic E-state index is -4.66. The molecule has 1 amide bonds. The number of fused-ring (bicyclic) bond motifs is 1. The number of pyridine rings is 1. The van der Waals surface area contributed by atoms with Crippen LogP contribution in [0.5, 0.6) is 5.75 Å². The van der Waals surface area contributed by atoms with Crippen molar-refractivity contribution in [1.29, 1.82) is 0 Å². The summed E-state index contributed by atoms with van der Waals surface area (Å²) in [6, 6.07) is 6.23. The molecule has 0 radical (unpaired) electrons. The van der Waals surface area contributed by atoms with Gasteiger partial charge in [0.25, 0.3) is 5.91 Å². The van der Waals surface area contributed by atoms with Crippen molar-refractivity contribution in [3.63, 3.8) is 0 Å². The van der Waals surface area contributed by atoms with Gasteiger partial charge in [0.05, 0.1) is 30.3 Å². The van der Waals surface area contributed by atoms with E-state index in [0.717, 1.165) is 12.1 Å². The molecule has 1 aromatic carbocycles. The smallest absolute Gasteiger partial charge is 0.433 e. The number of halogens is 3. The summed E-state index contributed by atoms with van der Waals surface area (Å²) in [5.74, 6) is -1.76. The van der Waals surface area contributed by atoms with Crippen LogP contribution in [0.2, 0.25) is 0 Å². The average molecular weight is 434 g/mol. The van der Waals surface area contributed by atoms with Gasteiger partial charge in [-0.2, -0.15) is 18.3 Å². The van der Waals surface area contributed by atoms with E-state index in [-0.39, 0.29) is 29.1 Å². The third kappa shape index (κ3) is 4.03. The predicted octanol–water partition coefficient (Wildman–Crippen LogP) is 3.75. The molecular weight excluding hydrogens is 417 g/mol. The fourth-order valence-corrected chi connectivity index (χ4v) is 3.44. The molecule has 1 fully saturated rings. The summed E-state index contributed by atoms with van der Waals surface area (Å²) in [5, 5.41) is 16.7. The maximum absolute atomic E-state index is 12.9. The van der Waals surface area contributed by atoms with E-state index in [2.05, 4.69) is 15.4 Å². The summed E-state index contributed by atoms with van der Waals surface area (Å²) < 4.78 is 45.6. The Morgan fingerprint density at radius 3 is 2.65 bits per heavy atom. The van der Waals surface area contributed by atoms with E-state index in [1.165, 1.54) is 13.2 Å². The number of hydrogen-bond acceptors (Lipinski definition) is 5. The van der Waals surface area contributed by atoms with E-state index in [4.69, 9.17) is 9.84 Å². The highest BCUT2D eigenvalue weighted by molar-refractivity contribution is 6.05. The maximum Gasteiger partial charge on any atom is 0.433 e. The van der Waals surface area contributed by atoms with Crippen LogP contribution >= 0.6 is 0 Å². The Morgan fingerprint density at radius 2 is 2.00 bits per heavy atom. The monoisotopic (exact) mass is 434 g/mol. The number of methoxy groups -OCH3 is 1. The molecule has 4 rings (SSSR count). The number of anilines is 1. The minimum absolute atomic E-state index is 0.0353. The first-order valence-corrected chi connectivity index (χ1v) is 9.31. The van der Waals surface area contributed by atoms with Gasteiger partial charge in [-0.25, -0.2) is 4.98 Å². The molecule has 1 aliphatic carbocycles. The number of nitrogens with one attached hydrogen (secondary N) is 1. The number of benzene rings is 1. The van der Waals surface area contributed by atoms with E-state index < -0.39 is 23.7 Å². The molecule has 1 saturated carbocycles. The molecule has 0 spiro atoms. The summed E-state index contributed by atoms with van der Waals surface area (Å²) in [6.45, 7) is 0. The van der Waals surface area contributed by atoms with Crippen LogP contribution in [0.3, 0.4) is 0 Å². The second-order valence-corrected chi connectivity index (χ2v) is 7.24. The number of carbonyl (C=O) groups excluding carboxylic acids is 1. The second-order valence-electron chi connectivity index (χ2n) is 7.24. The number of carbonyl (C=O) groups is 2. The number of ether oxygens (including phenoxy) is 1. The lowest BCUT2D eigenvalue weighted by Crippen LogP contribution is -2.32. The lowest BCUT2D eigenvalue weighted by molar-refractivity contribution is -0.146. The summed E-state index contributed by atoms with van der Waals surface area (Å²) >= 11 is 0. The number of nitrogens with zero attached hydrogens (tertiary/aromatic N) is 3. The lowest BCUT2D eigenvalue weighted by Gasteiger charge is -2.32. The largest absolute Gasteiger partial charge is 0.494 e. The molecule has 0 aliphatic heterocycles. The van der Waals surface area contributed by atoms with Crippen molar-refractivity contribution in [3.8, 4) is 5.75 Å². The standard InChI is InChI=1S/C20H17F3N4O4/c1-31-16-8-14-11(9-27(26-14)12-5-10(6-12)19(29)30)7-15(16)25-18(28)13-3-2-4-17(24-13)20(21,22)23/h2-4,7-10,12H,5-6H2,1H3,(H,25,28)(H,29,30)/t10-,12+. The Hall–Kier alpha value is -3.63. The highest BCUT2D eigenvalue weighted by Gasteiger charge is 2.36. The van der Waals surface area contributed by atoms with Crippen LogP contribution in [0.25, 0.3) is 10.9 Å². The number of rotatable bonds is 5. The van der Waals surface area contributed by atoms with E-state index in [0.29, 0.717) is 23.7 Å². The van der Waals surface area contributed by atoms with Gasteiger partial charge in [0.15, 0.2) is 0 Å². The zero-order valence-corrected chi connectivity index (χ0v) is 16.2. The molecule has 2 heterocycles. The van der Waals surface area contributed by atoms with Gasteiger partial charge >= 0.3 is 12.1 Å². The lowest BCUT2D eigenvalue weighted by atomic mass is 9.80. The molecule has 31 heavy (non-hydrogen) atoms. The normalized spacial score (nSPS) is 18.5. The van der Waals surface area contributed by atoms with Crippen molar-refractivity contribution in [3.05, 3.63) is 47.9 Å². The van der Waals surface area contributed by atoms with Gasteiger partial charge < -0.3 is 15.2 Å². The van der Waals surface area contributed by atoms with Gasteiger partial charge in [0, 0.05) is 17.6 Å². The quantitative estimate of drug-likeness (QED) is 0.634. The van der Waals surface area contributed by atoms with Crippen molar-refractivity contribution >= 4 is 28.5 Å². The van der Waals surface area contributed by atoms with Gasteiger partial charge in [0.2, 0.25) is 0 Å². The number of aliphatic carboxylic acids is 1. The molecule has 2 aromatic heterocycles. The van der Waals surface area contributed by atoms with Gasteiger partial charge in [-0.1, -0.05) is 6.07 Å². The van der Waals surface area contributed by atoms with Crippen LogP contribution in [0.1, 0.15) is 35.1 Å². The van der Waals surface area contributed by atoms with Crippen LogP contribution < -0.4 is 10.1 Å². The molecule has 1 aliphatic rings. The molecule has 0 bridgehead atoms. The summed E-state index contributed by atoms with van der Waals surface area (Å²) in [7, 11) is 1.39. The SMILES string of the molecule is COc1cc2nn([C@H]3C[C@@H](C(=O)O)C3)cc2cc1NC(=O)c1cccc(C(F)(F)F)n1. The Kier molecular flexibility index (Phi) is 5.03. The first-order chi connectivity index (χ1) is 14.7. The second kappa shape index (κ2) is 7.56. The number of carboxylic acids is 1. The molecule has 8 nitrogen and oxygen atoms in total. The zero-order valence-electron chi connectivity index (χ0n) is 16.2. The summed E-state index contributed by atoms with van der Waals surface area (Å²) in [4.78, 5) is 26.9. The first kappa shape index (κ1) is 20.6. The van der Waals surface area contributed by atoms with Crippen molar-refractivity contribution < 1.29 is 32.6 Å². The van der Waals surface area contributed by atoms with Gasteiger partial charge in [0.1, 0.15) is 17.1 Å². The van der Waals surface area contributed by atoms with E-state index in [9.17, 15) is 22.8 Å². The molecule has 2 N–H and O–H groups in total. The molecule has 0 unspecified atom stereocenters. The summed E-state index contributed by atoms with van der Waals surface area (Å²) in [5.41, 5.74) is -0.729. The van der Waals surface area contributed by atoms with E-state index >= 15 is 0 Å². The third-order valence-corrected chi connectivity index (χ3v) is 5.20. The molecule has 3 aromatic rings. The molecule has 0 saturated heterocycles. The highest BCUT2D eigenvalue weighted by Crippen LogP contribution is 2.39. The Labute approximate surface area is 173 Å². The molecule has 11 heteroatoms.